The predicted octanol–water partition coefficient (Wildman–Crippen LogP) is 6.10. The molecule has 0 saturated carbocycles. The van der Waals surface area contributed by atoms with Crippen LogP contribution in [0.1, 0.15) is 6.92 Å². The summed E-state index contributed by atoms with van der Waals surface area (Å²) in [6.45, 7) is 1.74. The number of fused-ring (bicyclic) bond motifs is 1. The molecular formula is C25H19ClN6O3S. The second-order valence-electron chi connectivity index (χ2n) is 7.92. The molecule has 180 valence electrons. The summed E-state index contributed by atoms with van der Waals surface area (Å²) in [6, 6.07) is 21.0. The molecule has 11 heteroatoms. The largest absolute Gasteiger partial charge is 0.360 e. The molecule has 2 heterocycles. The molecule has 3 aromatic carbocycles. The van der Waals surface area contributed by atoms with E-state index in [9.17, 15) is 14.9 Å². The normalized spacial score (nSPS) is 11.9. The first-order valence-corrected chi connectivity index (χ1v) is 12.2. The van der Waals surface area contributed by atoms with Crippen molar-refractivity contribution in [2.24, 2.45) is 0 Å². The van der Waals surface area contributed by atoms with Crippen LogP contribution in [0.25, 0.3) is 28.0 Å². The van der Waals surface area contributed by atoms with Crippen molar-refractivity contribution in [2.75, 3.05) is 5.32 Å². The van der Waals surface area contributed by atoms with Crippen LogP contribution in [-0.4, -0.2) is 35.8 Å². The van der Waals surface area contributed by atoms with E-state index in [0.29, 0.717) is 21.7 Å². The van der Waals surface area contributed by atoms with Crippen molar-refractivity contribution in [1.82, 2.24) is 19.7 Å². The first kappa shape index (κ1) is 23.6. The summed E-state index contributed by atoms with van der Waals surface area (Å²) in [7, 11) is 0. The zero-order valence-corrected chi connectivity index (χ0v) is 20.5. The Bertz CT molecular complexity index is 1580. The molecular weight excluding hydrogens is 500 g/mol. The second kappa shape index (κ2) is 9.84. The maximum absolute atomic E-state index is 12.9. The molecule has 0 saturated heterocycles. The van der Waals surface area contributed by atoms with Gasteiger partial charge in [0.15, 0.2) is 11.0 Å². The fourth-order valence-corrected chi connectivity index (χ4v) is 4.75. The molecule has 2 N–H and O–H groups in total. The molecule has 0 spiro atoms. The van der Waals surface area contributed by atoms with Gasteiger partial charge in [-0.2, -0.15) is 0 Å². The Hall–Kier alpha value is -4.15. The lowest BCUT2D eigenvalue weighted by atomic mass is 10.1. The van der Waals surface area contributed by atoms with Gasteiger partial charge in [0.25, 0.3) is 5.69 Å². The molecule has 0 aliphatic heterocycles. The topological polar surface area (TPSA) is 119 Å². The summed E-state index contributed by atoms with van der Waals surface area (Å²) >= 11 is 7.35. The second-order valence-corrected chi connectivity index (χ2v) is 9.67. The van der Waals surface area contributed by atoms with Gasteiger partial charge >= 0.3 is 0 Å². The number of rotatable bonds is 7. The molecule has 5 aromatic rings. The number of amides is 1. The van der Waals surface area contributed by atoms with Gasteiger partial charge in [0.1, 0.15) is 0 Å². The molecule has 1 unspecified atom stereocenters. The third-order valence-electron chi connectivity index (χ3n) is 5.52. The van der Waals surface area contributed by atoms with E-state index in [-0.39, 0.29) is 11.6 Å². The van der Waals surface area contributed by atoms with Crippen molar-refractivity contribution in [3.8, 4) is 17.1 Å². The Balaban J connectivity index is 1.48. The SMILES string of the molecule is CC(Sc1nnc(-c2c[nH]c3ccccc23)n1-c1ccc(Cl)cc1)C(=O)Nc1cccc([N+](=O)[O-])c1. The Morgan fingerprint density at radius 1 is 1.11 bits per heavy atom. The van der Waals surface area contributed by atoms with E-state index in [1.54, 1.807) is 25.1 Å². The van der Waals surface area contributed by atoms with Crippen molar-refractivity contribution in [1.29, 1.82) is 0 Å². The Morgan fingerprint density at radius 3 is 2.67 bits per heavy atom. The number of hydrogen-bond acceptors (Lipinski definition) is 6. The first-order chi connectivity index (χ1) is 17.4. The Morgan fingerprint density at radius 2 is 1.89 bits per heavy atom. The van der Waals surface area contributed by atoms with Gasteiger partial charge in [-0.3, -0.25) is 19.5 Å². The summed E-state index contributed by atoms with van der Waals surface area (Å²) in [6.07, 6.45) is 1.88. The lowest BCUT2D eigenvalue weighted by Crippen LogP contribution is -2.23. The van der Waals surface area contributed by atoms with E-state index in [0.717, 1.165) is 22.2 Å². The quantitative estimate of drug-likeness (QED) is 0.153. The van der Waals surface area contributed by atoms with E-state index in [1.807, 2.05) is 47.2 Å². The van der Waals surface area contributed by atoms with Gasteiger partial charge in [0.05, 0.1) is 10.2 Å². The molecule has 36 heavy (non-hydrogen) atoms. The molecule has 1 amide bonds. The van der Waals surface area contributed by atoms with Gasteiger partial charge in [-0.1, -0.05) is 47.6 Å². The highest BCUT2D eigenvalue weighted by Crippen LogP contribution is 2.34. The fraction of sp³-hybridized carbons (Fsp3) is 0.0800. The minimum absolute atomic E-state index is 0.0982. The van der Waals surface area contributed by atoms with Crippen LogP contribution < -0.4 is 5.32 Å². The smallest absolute Gasteiger partial charge is 0.271 e. The number of carbonyl (C=O) groups is 1. The number of aromatic amines is 1. The lowest BCUT2D eigenvalue weighted by molar-refractivity contribution is -0.384. The van der Waals surface area contributed by atoms with Gasteiger partial charge in [0, 0.05) is 51.2 Å². The number of nitrogens with zero attached hydrogens (tertiary/aromatic N) is 4. The highest BCUT2D eigenvalue weighted by atomic mass is 35.5. The minimum Gasteiger partial charge on any atom is -0.360 e. The number of non-ortho nitro benzene ring substituents is 1. The van der Waals surface area contributed by atoms with E-state index in [1.165, 1.54) is 30.0 Å². The summed E-state index contributed by atoms with van der Waals surface area (Å²) in [5, 5.41) is 24.2. The molecule has 1 atom stereocenters. The van der Waals surface area contributed by atoms with Crippen molar-refractivity contribution < 1.29 is 9.72 Å². The average molecular weight is 519 g/mol. The number of thioether (sulfide) groups is 1. The standard InChI is InChI=1S/C25H19ClN6O3S/c1-15(24(33)28-17-5-4-6-19(13-17)32(34)35)36-25-30-29-23(31(25)18-11-9-16(26)10-12-18)21-14-27-22-8-3-2-7-20(21)22/h2-15,27H,1H3,(H,28,33). The van der Waals surface area contributed by atoms with Crippen LogP contribution in [-0.2, 0) is 4.79 Å². The monoisotopic (exact) mass is 518 g/mol. The van der Waals surface area contributed by atoms with Crippen molar-refractivity contribution in [3.63, 3.8) is 0 Å². The number of anilines is 1. The molecule has 0 aliphatic rings. The van der Waals surface area contributed by atoms with Crippen LogP contribution in [0.15, 0.2) is 84.1 Å². The fourth-order valence-electron chi connectivity index (χ4n) is 3.75. The van der Waals surface area contributed by atoms with Gasteiger partial charge < -0.3 is 10.3 Å². The number of nitro groups is 1. The van der Waals surface area contributed by atoms with E-state index in [2.05, 4.69) is 20.5 Å². The molecule has 0 radical (unpaired) electrons. The molecule has 0 bridgehead atoms. The Kier molecular flexibility index (Phi) is 6.45. The molecule has 2 aromatic heterocycles. The molecule has 0 aliphatic carbocycles. The van der Waals surface area contributed by atoms with Crippen LogP contribution in [0.3, 0.4) is 0 Å². The highest BCUT2D eigenvalue weighted by Gasteiger charge is 2.23. The number of nitro benzene ring substituents is 1. The maximum Gasteiger partial charge on any atom is 0.271 e. The number of H-pyrrole nitrogens is 1. The zero-order valence-electron chi connectivity index (χ0n) is 18.9. The number of nitrogens with one attached hydrogen (secondary N) is 2. The van der Waals surface area contributed by atoms with Crippen LogP contribution in [0.4, 0.5) is 11.4 Å². The number of benzene rings is 3. The number of hydrogen-bond donors (Lipinski definition) is 2. The van der Waals surface area contributed by atoms with Gasteiger partial charge in [-0.05, 0) is 43.3 Å². The van der Waals surface area contributed by atoms with Crippen molar-refractivity contribution in [3.05, 3.63) is 94.1 Å². The van der Waals surface area contributed by atoms with E-state index < -0.39 is 10.2 Å². The number of halogens is 1. The minimum atomic E-state index is -0.574. The lowest BCUT2D eigenvalue weighted by Gasteiger charge is -2.14. The van der Waals surface area contributed by atoms with Crippen molar-refractivity contribution >= 4 is 51.5 Å². The maximum atomic E-state index is 12.9. The molecule has 5 rings (SSSR count). The van der Waals surface area contributed by atoms with E-state index >= 15 is 0 Å². The van der Waals surface area contributed by atoms with Crippen LogP contribution >= 0.6 is 23.4 Å². The molecule has 9 nitrogen and oxygen atoms in total. The zero-order chi connectivity index (χ0) is 25.2. The third kappa shape index (κ3) is 4.68. The van der Waals surface area contributed by atoms with Gasteiger partial charge in [0.2, 0.25) is 5.91 Å². The molecule has 0 fully saturated rings. The Labute approximate surface area is 214 Å². The first-order valence-electron chi connectivity index (χ1n) is 10.9. The number of carbonyl (C=O) groups excluding carboxylic acids is 1. The van der Waals surface area contributed by atoms with Crippen LogP contribution in [0.5, 0.6) is 0 Å². The van der Waals surface area contributed by atoms with Gasteiger partial charge in [-0.25, -0.2) is 0 Å². The summed E-state index contributed by atoms with van der Waals surface area (Å²) in [5.74, 6) is 0.295. The summed E-state index contributed by atoms with van der Waals surface area (Å²) in [5.41, 5.74) is 2.88. The van der Waals surface area contributed by atoms with Crippen molar-refractivity contribution in [2.45, 2.75) is 17.3 Å². The third-order valence-corrected chi connectivity index (χ3v) is 6.82. The van der Waals surface area contributed by atoms with E-state index in [4.69, 9.17) is 11.6 Å². The summed E-state index contributed by atoms with van der Waals surface area (Å²) in [4.78, 5) is 26.7. The van der Waals surface area contributed by atoms with Gasteiger partial charge in [-0.15, -0.1) is 10.2 Å². The predicted molar refractivity (Wildman–Crippen MR) is 141 cm³/mol. The van der Waals surface area contributed by atoms with Crippen LogP contribution in [0.2, 0.25) is 5.02 Å². The summed E-state index contributed by atoms with van der Waals surface area (Å²) < 4.78 is 1.88. The number of aromatic nitrogens is 4. The highest BCUT2D eigenvalue weighted by molar-refractivity contribution is 8.00. The average Bonchev–Trinajstić information content (AvgIpc) is 3.48. The van der Waals surface area contributed by atoms with Crippen LogP contribution in [0, 0.1) is 10.1 Å². The number of para-hydroxylation sites is 1.